The van der Waals surface area contributed by atoms with E-state index in [1.54, 1.807) is 13.3 Å². The molecule has 0 spiro atoms. The van der Waals surface area contributed by atoms with Gasteiger partial charge in [-0.2, -0.15) is 0 Å². The van der Waals surface area contributed by atoms with E-state index < -0.39 is 5.60 Å². The van der Waals surface area contributed by atoms with Crippen LogP contribution in [0.25, 0.3) is 10.9 Å². The molecule has 19 heavy (non-hydrogen) atoms. The second-order valence-electron chi connectivity index (χ2n) is 5.49. The minimum absolute atomic E-state index is 0.368. The number of carbonyl (C=O) groups is 1. The van der Waals surface area contributed by atoms with Crippen LogP contribution in [-0.4, -0.2) is 23.4 Å². The van der Waals surface area contributed by atoms with Gasteiger partial charge in [0.15, 0.2) is 0 Å². The molecule has 1 heterocycles. The summed E-state index contributed by atoms with van der Waals surface area (Å²) < 4.78 is 12.2. The maximum atomic E-state index is 12.1. The Hall–Kier alpha value is -1.97. The van der Waals surface area contributed by atoms with Crippen molar-refractivity contribution in [3.8, 4) is 5.75 Å². The van der Waals surface area contributed by atoms with Gasteiger partial charge in [-0.25, -0.2) is 4.79 Å². The van der Waals surface area contributed by atoms with Crippen molar-refractivity contribution >= 4 is 17.0 Å². The van der Waals surface area contributed by atoms with Gasteiger partial charge in [-0.05, 0) is 45.9 Å². The number of aryl methyl sites for hydroxylation is 1. The van der Waals surface area contributed by atoms with E-state index in [0.717, 1.165) is 22.2 Å². The Labute approximate surface area is 112 Å². The topological polar surface area (TPSA) is 40.5 Å². The number of aromatic nitrogens is 1. The largest absolute Gasteiger partial charge is 0.496 e. The summed E-state index contributed by atoms with van der Waals surface area (Å²) in [6.45, 7) is 7.53. The number of ether oxygens (including phenoxy) is 2. The molecule has 0 saturated carbocycles. The number of rotatable bonds is 1. The van der Waals surface area contributed by atoms with E-state index in [0.29, 0.717) is 0 Å². The molecule has 0 fully saturated rings. The van der Waals surface area contributed by atoms with E-state index in [9.17, 15) is 4.79 Å². The molecule has 4 nitrogen and oxygen atoms in total. The molecule has 4 heteroatoms. The summed E-state index contributed by atoms with van der Waals surface area (Å²) >= 11 is 0. The highest BCUT2D eigenvalue weighted by Crippen LogP contribution is 2.28. The van der Waals surface area contributed by atoms with E-state index in [-0.39, 0.29) is 6.09 Å². The molecule has 0 atom stereocenters. The first-order chi connectivity index (χ1) is 8.83. The van der Waals surface area contributed by atoms with Crippen molar-refractivity contribution < 1.29 is 14.3 Å². The van der Waals surface area contributed by atoms with Gasteiger partial charge in [-0.15, -0.1) is 0 Å². The molecule has 0 N–H and O–H groups in total. The zero-order chi connectivity index (χ0) is 14.2. The van der Waals surface area contributed by atoms with Crippen molar-refractivity contribution in [2.24, 2.45) is 0 Å². The summed E-state index contributed by atoms with van der Waals surface area (Å²) in [4.78, 5) is 12.1. The fraction of sp³-hybridized carbons (Fsp3) is 0.400. The molecule has 0 aliphatic rings. The van der Waals surface area contributed by atoms with Crippen LogP contribution in [0.1, 0.15) is 26.3 Å². The van der Waals surface area contributed by atoms with Crippen molar-refractivity contribution in [3.05, 3.63) is 30.0 Å². The first-order valence-electron chi connectivity index (χ1n) is 6.21. The number of benzene rings is 1. The van der Waals surface area contributed by atoms with Gasteiger partial charge in [0.05, 0.1) is 12.6 Å². The van der Waals surface area contributed by atoms with Crippen LogP contribution in [0, 0.1) is 6.92 Å². The van der Waals surface area contributed by atoms with Gasteiger partial charge in [-0.3, -0.25) is 4.57 Å². The van der Waals surface area contributed by atoms with E-state index in [4.69, 9.17) is 9.47 Å². The Morgan fingerprint density at radius 2 is 1.89 bits per heavy atom. The van der Waals surface area contributed by atoms with Gasteiger partial charge < -0.3 is 9.47 Å². The van der Waals surface area contributed by atoms with Crippen molar-refractivity contribution in [2.75, 3.05) is 7.11 Å². The van der Waals surface area contributed by atoms with Crippen molar-refractivity contribution in [2.45, 2.75) is 33.3 Å². The van der Waals surface area contributed by atoms with Gasteiger partial charge in [0.1, 0.15) is 11.4 Å². The fourth-order valence-corrected chi connectivity index (χ4v) is 2.04. The van der Waals surface area contributed by atoms with Gasteiger partial charge in [0.2, 0.25) is 0 Å². The molecule has 0 saturated heterocycles. The summed E-state index contributed by atoms with van der Waals surface area (Å²) in [5.74, 6) is 0.814. The van der Waals surface area contributed by atoms with E-state index in [1.807, 2.05) is 45.9 Å². The Bertz CT molecular complexity index is 620. The Morgan fingerprint density at radius 3 is 2.47 bits per heavy atom. The van der Waals surface area contributed by atoms with E-state index >= 15 is 0 Å². The average molecular weight is 261 g/mol. The standard InChI is InChI=1S/C15H19NO3/c1-10-11-8-9-16(14(17)19-15(2,3)4)12(11)6-7-13(10)18-5/h6-9H,1-5H3. The summed E-state index contributed by atoms with van der Waals surface area (Å²) in [6, 6.07) is 5.63. The average Bonchev–Trinajstić information content (AvgIpc) is 2.72. The predicted molar refractivity (Wildman–Crippen MR) is 74.9 cm³/mol. The van der Waals surface area contributed by atoms with Crippen LogP contribution < -0.4 is 4.74 Å². The maximum absolute atomic E-state index is 12.1. The van der Waals surface area contributed by atoms with Crippen LogP contribution in [0.15, 0.2) is 24.4 Å². The zero-order valence-corrected chi connectivity index (χ0v) is 12.0. The Morgan fingerprint density at radius 1 is 1.21 bits per heavy atom. The molecule has 2 rings (SSSR count). The smallest absolute Gasteiger partial charge is 0.418 e. The quantitative estimate of drug-likeness (QED) is 0.785. The highest BCUT2D eigenvalue weighted by atomic mass is 16.6. The highest BCUT2D eigenvalue weighted by molar-refractivity contribution is 5.92. The molecular formula is C15H19NO3. The van der Waals surface area contributed by atoms with Gasteiger partial charge in [-0.1, -0.05) is 0 Å². The van der Waals surface area contributed by atoms with Gasteiger partial charge in [0.25, 0.3) is 0 Å². The molecule has 0 unspecified atom stereocenters. The molecule has 2 aromatic rings. The van der Waals surface area contributed by atoms with Crippen molar-refractivity contribution in [3.63, 3.8) is 0 Å². The van der Waals surface area contributed by atoms with Crippen LogP contribution >= 0.6 is 0 Å². The number of carbonyl (C=O) groups excluding carboxylic acids is 1. The van der Waals surface area contributed by atoms with E-state index in [1.165, 1.54) is 4.57 Å². The maximum Gasteiger partial charge on any atom is 0.418 e. The molecule has 0 amide bonds. The molecule has 0 aliphatic heterocycles. The molecule has 0 bridgehead atoms. The van der Waals surface area contributed by atoms with Crippen LogP contribution in [0.2, 0.25) is 0 Å². The minimum atomic E-state index is -0.505. The summed E-state index contributed by atoms with van der Waals surface area (Å²) in [5.41, 5.74) is 1.34. The van der Waals surface area contributed by atoms with E-state index in [2.05, 4.69) is 0 Å². The zero-order valence-electron chi connectivity index (χ0n) is 12.0. The normalized spacial score (nSPS) is 11.6. The first kappa shape index (κ1) is 13.5. The minimum Gasteiger partial charge on any atom is -0.496 e. The monoisotopic (exact) mass is 261 g/mol. The lowest BCUT2D eigenvalue weighted by Crippen LogP contribution is -2.26. The molecular weight excluding hydrogens is 242 g/mol. The molecule has 0 radical (unpaired) electrons. The summed E-state index contributed by atoms with van der Waals surface area (Å²) in [6.07, 6.45) is 1.36. The Balaban J connectivity index is 2.47. The number of methoxy groups -OCH3 is 1. The van der Waals surface area contributed by atoms with Crippen LogP contribution in [0.5, 0.6) is 5.75 Å². The molecule has 102 valence electrons. The third-order valence-electron chi connectivity index (χ3n) is 2.90. The number of hydrogen-bond donors (Lipinski definition) is 0. The first-order valence-corrected chi connectivity index (χ1v) is 6.21. The third kappa shape index (κ3) is 2.57. The summed E-state index contributed by atoms with van der Waals surface area (Å²) in [7, 11) is 1.64. The van der Waals surface area contributed by atoms with Crippen LogP contribution in [0.4, 0.5) is 4.79 Å². The number of hydrogen-bond acceptors (Lipinski definition) is 3. The summed E-state index contributed by atoms with van der Waals surface area (Å²) in [5, 5.41) is 0.991. The van der Waals surface area contributed by atoms with Crippen molar-refractivity contribution in [1.82, 2.24) is 4.57 Å². The van der Waals surface area contributed by atoms with Crippen molar-refractivity contribution in [1.29, 1.82) is 0 Å². The lowest BCUT2D eigenvalue weighted by Gasteiger charge is -2.19. The molecule has 0 aliphatic carbocycles. The molecule has 1 aromatic carbocycles. The predicted octanol–water partition coefficient (Wildman–Crippen LogP) is 3.74. The Kier molecular flexibility index (Phi) is 3.27. The molecule has 1 aromatic heterocycles. The lowest BCUT2D eigenvalue weighted by molar-refractivity contribution is 0.0544. The second-order valence-corrected chi connectivity index (χ2v) is 5.49. The van der Waals surface area contributed by atoms with Gasteiger partial charge in [0, 0.05) is 17.1 Å². The highest BCUT2D eigenvalue weighted by Gasteiger charge is 2.19. The number of fused-ring (bicyclic) bond motifs is 1. The number of nitrogens with zero attached hydrogens (tertiary/aromatic N) is 1. The third-order valence-corrected chi connectivity index (χ3v) is 2.90. The lowest BCUT2D eigenvalue weighted by atomic mass is 10.1. The van der Waals surface area contributed by atoms with Gasteiger partial charge >= 0.3 is 6.09 Å². The fourth-order valence-electron chi connectivity index (χ4n) is 2.04. The SMILES string of the molecule is COc1ccc2c(ccn2C(=O)OC(C)(C)C)c1C. The van der Waals surface area contributed by atoms with Crippen LogP contribution in [0.3, 0.4) is 0 Å². The van der Waals surface area contributed by atoms with Crippen LogP contribution in [-0.2, 0) is 4.74 Å². The second kappa shape index (κ2) is 4.61.